The van der Waals surface area contributed by atoms with Crippen LogP contribution in [0, 0.1) is 0 Å². The molecule has 0 aliphatic carbocycles. The van der Waals surface area contributed by atoms with Crippen LogP contribution in [0.1, 0.15) is 5.56 Å². The van der Waals surface area contributed by atoms with Gasteiger partial charge in [-0.15, -0.1) is 0 Å². The van der Waals surface area contributed by atoms with E-state index >= 15 is 0 Å². The molecule has 1 fully saturated rings. The predicted octanol–water partition coefficient (Wildman–Crippen LogP) is 3.39. The standard InChI is InChI=1S/C18H13NO5S/c20-16(21)11-24-14-8-6-12(7-9-14)10-15-17(22)19(18(23)25-15)13-4-2-1-3-5-13/h1-10H,11H2,(H,20,21). The number of benzene rings is 2. The van der Waals surface area contributed by atoms with Crippen LogP contribution in [0.25, 0.3) is 6.08 Å². The lowest BCUT2D eigenvalue weighted by Gasteiger charge is -2.11. The number of carboxylic acid groups (broad SMARTS) is 1. The fourth-order valence-electron chi connectivity index (χ4n) is 2.22. The van der Waals surface area contributed by atoms with Crippen molar-refractivity contribution in [3.8, 4) is 5.75 Å². The second-order valence-corrected chi connectivity index (χ2v) is 6.10. The SMILES string of the molecule is O=C(O)COc1ccc(C=C2SC(=O)N(c3ccccc3)C2=O)cc1. The highest BCUT2D eigenvalue weighted by atomic mass is 32.2. The van der Waals surface area contributed by atoms with Crippen LogP contribution in [0.2, 0.25) is 0 Å². The number of carbonyl (C=O) groups excluding carboxylic acids is 2. The molecule has 1 N–H and O–H groups in total. The molecule has 2 aromatic carbocycles. The zero-order valence-electron chi connectivity index (χ0n) is 12.9. The molecule has 25 heavy (non-hydrogen) atoms. The van der Waals surface area contributed by atoms with Gasteiger partial charge in [-0.3, -0.25) is 9.59 Å². The zero-order chi connectivity index (χ0) is 17.8. The number of hydrogen-bond acceptors (Lipinski definition) is 5. The number of aliphatic carboxylic acids is 1. The molecule has 0 bridgehead atoms. The van der Waals surface area contributed by atoms with Gasteiger partial charge >= 0.3 is 5.97 Å². The Kier molecular flexibility index (Phi) is 4.85. The Morgan fingerprint density at radius 1 is 1.08 bits per heavy atom. The van der Waals surface area contributed by atoms with Gasteiger partial charge in [-0.1, -0.05) is 30.3 Å². The van der Waals surface area contributed by atoms with Crippen LogP contribution < -0.4 is 9.64 Å². The molecule has 0 spiro atoms. The van der Waals surface area contributed by atoms with Crippen molar-refractivity contribution in [2.24, 2.45) is 0 Å². The van der Waals surface area contributed by atoms with Crippen LogP contribution in [0.4, 0.5) is 10.5 Å². The summed E-state index contributed by atoms with van der Waals surface area (Å²) in [6.45, 7) is -0.421. The first-order valence-corrected chi connectivity index (χ1v) is 8.14. The minimum atomic E-state index is -1.06. The Hall–Kier alpha value is -3.06. The van der Waals surface area contributed by atoms with E-state index in [1.165, 1.54) is 0 Å². The average molecular weight is 355 g/mol. The second kappa shape index (κ2) is 7.23. The quantitative estimate of drug-likeness (QED) is 0.828. The molecule has 126 valence electrons. The van der Waals surface area contributed by atoms with Crippen molar-refractivity contribution < 1.29 is 24.2 Å². The molecular formula is C18H13NO5S. The minimum absolute atomic E-state index is 0.327. The fraction of sp³-hybridized carbons (Fsp3) is 0.0556. The lowest BCUT2D eigenvalue weighted by atomic mass is 10.2. The number of nitrogens with zero attached hydrogens (tertiary/aromatic N) is 1. The third-order valence-electron chi connectivity index (χ3n) is 3.35. The first kappa shape index (κ1) is 16.8. The van der Waals surface area contributed by atoms with Crippen molar-refractivity contribution in [1.29, 1.82) is 0 Å². The number of carboxylic acids is 1. The number of ether oxygens (including phenoxy) is 1. The Morgan fingerprint density at radius 3 is 2.40 bits per heavy atom. The Balaban J connectivity index is 1.77. The summed E-state index contributed by atoms with van der Waals surface area (Å²) in [7, 11) is 0. The largest absolute Gasteiger partial charge is 0.482 e. The molecule has 1 aliphatic rings. The first-order valence-electron chi connectivity index (χ1n) is 7.32. The highest BCUT2D eigenvalue weighted by Gasteiger charge is 2.36. The summed E-state index contributed by atoms with van der Waals surface area (Å²) in [6, 6.07) is 15.3. The smallest absolute Gasteiger partial charge is 0.341 e. The Labute approximate surface area is 147 Å². The van der Waals surface area contributed by atoms with Gasteiger partial charge in [-0.05, 0) is 47.7 Å². The van der Waals surface area contributed by atoms with Crippen molar-refractivity contribution in [2.75, 3.05) is 11.5 Å². The number of imide groups is 1. The number of anilines is 1. The molecular weight excluding hydrogens is 342 g/mol. The highest BCUT2D eigenvalue weighted by Crippen LogP contribution is 2.35. The third-order valence-corrected chi connectivity index (χ3v) is 4.22. The maximum Gasteiger partial charge on any atom is 0.341 e. The first-order chi connectivity index (χ1) is 12.0. The average Bonchev–Trinajstić information content (AvgIpc) is 2.88. The van der Waals surface area contributed by atoms with Crippen molar-refractivity contribution in [1.82, 2.24) is 0 Å². The van der Waals surface area contributed by atoms with Gasteiger partial charge in [0.2, 0.25) is 0 Å². The zero-order valence-corrected chi connectivity index (χ0v) is 13.7. The maximum absolute atomic E-state index is 12.5. The van der Waals surface area contributed by atoms with Gasteiger partial charge < -0.3 is 9.84 Å². The molecule has 0 unspecified atom stereocenters. The van der Waals surface area contributed by atoms with E-state index in [-0.39, 0.29) is 11.1 Å². The molecule has 3 rings (SSSR count). The van der Waals surface area contributed by atoms with Crippen molar-refractivity contribution in [3.63, 3.8) is 0 Å². The Bertz CT molecular complexity index is 846. The van der Waals surface area contributed by atoms with Crippen LogP contribution in [0.15, 0.2) is 59.5 Å². The molecule has 0 saturated carbocycles. The van der Waals surface area contributed by atoms with E-state index in [2.05, 4.69) is 0 Å². The van der Waals surface area contributed by atoms with E-state index in [1.807, 2.05) is 6.07 Å². The normalized spacial score (nSPS) is 15.7. The molecule has 2 aromatic rings. The summed E-state index contributed by atoms with van der Waals surface area (Å²) in [5.41, 5.74) is 1.24. The molecule has 0 atom stereocenters. The van der Waals surface area contributed by atoms with E-state index < -0.39 is 12.6 Å². The molecule has 0 radical (unpaired) electrons. The Morgan fingerprint density at radius 2 is 1.76 bits per heavy atom. The van der Waals surface area contributed by atoms with E-state index in [1.54, 1.807) is 54.6 Å². The minimum Gasteiger partial charge on any atom is -0.482 e. The van der Waals surface area contributed by atoms with Gasteiger partial charge in [0.05, 0.1) is 10.6 Å². The van der Waals surface area contributed by atoms with Gasteiger partial charge in [0.15, 0.2) is 6.61 Å². The van der Waals surface area contributed by atoms with Crippen LogP contribution in [0.5, 0.6) is 5.75 Å². The predicted molar refractivity (Wildman–Crippen MR) is 94.5 cm³/mol. The summed E-state index contributed by atoms with van der Waals surface area (Å²) in [5, 5.41) is 8.24. The van der Waals surface area contributed by atoms with Gasteiger partial charge in [-0.25, -0.2) is 9.69 Å². The summed E-state index contributed by atoms with van der Waals surface area (Å²) >= 11 is 0.879. The number of para-hydroxylation sites is 1. The van der Waals surface area contributed by atoms with Crippen molar-refractivity contribution >= 4 is 40.6 Å². The monoisotopic (exact) mass is 355 g/mol. The molecule has 1 saturated heterocycles. The van der Waals surface area contributed by atoms with Crippen LogP contribution >= 0.6 is 11.8 Å². The number of rotatable bonds is 5. The number of amides is 2. The molecule has 6 nitrogen and oxygen atoms in total. The van der Waals surface area contributed by atoms with E-state index in [0.29, 0.717) is 21.9 Å². The lowest BCUT2D eigenvalue weighted by molar-refractivity contribution is -0.139. The van der Waals surface area contributed by atoms with Crippen molar-refractivity contribution in [3.05, 3.63) is 65.1 Å². The topological polar surface area (TPSA) is 83.9 Å². The molecule has 7 heteroatoms. The molecule has 2 amide bonds. The second-order valence-electron chi connectivity index (χ2n) is 5.10. The number of hydrogen-bond donors (Lipinski definition) is 1. The molecule has 1 aliphatic heterocycles. The fourth-order valence-corrected chi connectivity index (χ4v) is 3.07. The van der Waals surface area contributed by atoms with Crippen LogP contribution in [-0.2, 0) is 9.59 Å². The van der Waals surface area contributed by atoms with E-state index in [9.17, 15) is 14.4 Å². The maximum atomic E-state index is 12.5. The van der Waals surface area contributed by atoms with Crippen LogP contribution in [0.3, 0.4) is 0 Å². The van der Waals surface area contributed by atoms with Gasteiger partial charge in [0.25, 0.3) is 11.1 Å². The number of carbonyl (C=O) groups is 3. The summed E-state index contributed by atoms with van der Waals surface area (Å²) in [6.07, 6.45) is 1.62. The van der Waals surface area contributed by atoms with Gasteiger partial charge in [-0.2, -0.15) is 0 Å². The highest BCUT2D eigenvalue weighted by molar-refractivity contribution is 8.19. The summed E-state index contributed by atoms with van der Waals surface area (Å²) in [5.74, 6) is -1.01. The third kappa shape index (κ3) is 3.89. The van der Waals surface area contributed by atoms with Crippen LogP contribution in [-0.4, -0.2) is 28.8 Å². The summed E-state index contributed by atoms with van der Waals surface area (Å²) < 4.78 is 5.05. The van der Waals surface area contributed by atoms with E-state index in [4.69, 9.17) is 9.84 Å². The number of thioether (sulfide) groups is 1. The van der Waals surface area contributed by atoms with Gasteiger partial charge in [0.1, 0.15) is 5.75 Å². The van der Waals surface area contributed by atoms with E-state index in [0.717, 1.165) is 16.7 Å². The summed E-state index contributed by atoms with van der Waals surface area (Å²) in [4.78, 5) is 36.6. The van der Waals surface area contributed by atoms with Crippen molar-refractivity contribution in [2.45, 2.75) is 0 Å². The molecule has 0 aromatic heterocycles. The molecule has 1 heterocycles. The lowest BCUT2D eigenvalue weighted by Crippen LogP contribution is -2.27. The van der Waals surface area contributed by atoms with Gasteiger partial charge in [0, 0.05) is 0 Å².